The molecule has 0 atom stereocenters. The van der Waals surface area contributed by atoms with E-state index in [1.807, 2.05) is 33.1 Å². The first-order chi connectivity index (χ1) is 10.8. The lowest BCUT2D eigenvalue weighted by molar-refractivity contribution is 0.0746. The molecule has 130 valence electrons. The molecule has 0 aliphatic carbocycles. The SMILES string of the molecule is CN(C)CCCN(CCCN(C)C)C(=O)c1ccc(N)cc1N. The third kappa shape index (κ3) is 6.88. The summed E-state index contributed by atoms with van der Waals surface area (Å²) in [5.41, 5.74) is 13.2. The van der Waals surface area contributed by atoms with Crippen LogP contribution in [0.3, 0.4) is 0 Å². The number of hydrogen-bond acceptors (Lipinski definition) is 5. The fraction of sp³-hybridized carbons (Fsp3) is 0.588. The molecule has 6 heteroatoms. The van der Waals surface area contributed by atoms with E-state index in [0.29, 0.717) is 16.9 Å². The normalized spacial score (nSPS) is 11.2. The average Bonchev–Trinajstić information content (AvgIpc) is 2.44. The van der Waals surface area contributed by atoms with Crippen molar-refractivity contribution in [3.05, 3.63) is 23.8 Å². The van der Waals surface area contributed by atoms with Crippen LogP contribution in [-0.2, 0) is 0 Å². The predicted molar refractivity (Wildman–Crippen MR) is 97.5 cm³/mol. The molecule has 0 heterocycles. The first-order valence-electron chi connectivity index (χ1n) is 8.05. The van der Waals surface area contributed by atoms with Crippen molar-refractivity contribution in [3.63, 3.8) is 0 Å². The summed E-state index contributed by atoms with van der Waals surface area (Å²) in [5.74, 6) is -0.0139. The fourth-order valence-corrected chi connectivity index (χ4v) is 2.42. The summed E-state index contributed by atoms with van der Waals surface area (Å²) in [6, 6.07) is 5.09. The van der Waals surface area contributed by atoms with Gasteiger partial charge in [0, 0.05) is 24.5 Å². The fourth-order valence-electron chi connectivity index (χ4n) is 2.42. The van der Waals surface area contributed by atoms with Gasteiger partial charge in [-0.25, -0.2) is 0 Å². The van der Waals surface area contributed by atoms with Crippen LogP contribution in [0.15, 0.2) is 18.2 Å². The van der Waals surface area contributed by atoms with E-state index in [2.05, 4.69) is 9.80 Å². The predicted octanol–water partition coefficient (Wildman–Crippen LogP) is 1.20. The van der Waals surface area contributed by atoms with E-state index in [0.717, 1.165) is 39.0 Å². The van der Waals surface area contributed by atoms with Crippen LogP contribution in [0.2, 0.25) is 0 Å². The maximum absolute atomic E-state index is 12.8. The smallest absolute Gasteiger partial charge is 0.255 e. The third-order valence-corrected chi connectivity index (χ3v) is 3.66. The second-order valence-electron chi connectivity index (χ2n) is 6.45. The van der Waals surface area contributed by atoms with Crippen LogP contribution < -0.4 is 11.5 Å². The number of nitrogen functional groups attached to an aromatic ring is 2. The second kappa shape index (κ2) is 9.37. The van der Waals surface area contributed by atoms with Gasteiger partial charge in [-0.2, -0.15) is 0 Å². The van der Waals surface area contributed by atoms with E-state index < -0.39 is 0 Å². The van der Waals surface area contributed by atoms with Gasteiger partial charge in [0.05, 0.1) is 5.56 Å². The molecule has 0 aromatic heterocycles. The summed E-state index contributed by atoms with van der Waals surface area (Å²) >= 11 is 0. The van der Waals surface area contributed by atoms with Gasteiger partial charge < -0.3 is 26.2 Å². The number of hydrogen-bond donors (Lipinski definition) is 2. The minimum absolute atomic E-state index is 0.0139. The monoisotopic (exact) mass is 321 g/mol. The average molecular weight is 321 g/mol. The number of anilines is 2. The highest BCUT2D eigenvalue weighted by atomic mass is 16.2. The quantitative estimate of drug-likeness (QED) is 0.668. The third-order valence-electron chi connectivity index (χ3n) is 3.66. The molecule has 0 fully saturated rings. The summed E-state index contributed by atoms with van der Waals surface area (Å²) in [4.78, 5) is 19.0. The van der Waals surface area contributed by atoms with Crippen molar-refractivity contribution in [1.82, 2.24) is 14.7 Å². The van der Waals surface area contributed by atoms with E-state index in [1.165, 1.54) is 0 Å². The number of carbonyl (C=O) groups excluding carboxylic acids is 1. The summed E-state index contributed by atoms with van der Waals surface area (Å²) in [7, 11) is 8.15. The molecular formula is C17H31N5O. The molecule has 23 heavy (non-hydrogen) atoms. The standard InChI is InChI=1S/C17H31N5O/c1-20(2)9-5-11-22(12-6-10-21(3)4)17(23)15-8-7-14(18)13-16(15)19/h7-8,13H,5-6,9-12,18-19H2,1-4H3. The van der Waals surface area contributed by atoms with Gasteiger partial charge in [-0.15, -0.1) is 0 Å². The Morgan fingerprint density at radius 3 is 1.87 bits per heavy atom. The van der Waals surface area contributed by atoms with Crippen molar-refractivity contribution < 1.29 is 4.79 Å². The summed E-state index contributed by atoms with van der Waals surface area (Å²) in [5, 5.41) is 0. The number of nitrogens with two attached hydrogens (primary N) is 2. The Kier molecular flexibility index (Phi) is 7.85. The Bertz CT molecular complexity index is 488. The van der Waals surface area contributed by atoms with Gasteiger partial charge in [-0.3, -0.25) is 4.79 Å². The molecule has 6 nitrogen and oxygen atoms in total. The number of carbonyl (C=O) groups is 1. The Morgan fingerprint density at radius 2 is 1.43 bits per heavy atom. The van der Waals surface area contributed by atoms with Crippen LogP contribution >= 0.6 is 0 Å². The summed E-state index contributed by atoms with van der Waals surface area (Å²) < 4.78 is 0. The first kappa shape index (κ1) is 19.3. The summed E-state index contributed by atoms with van der Waals surface area (Å²) in [6.45, 7) is 3.37. The molecule has 0 saturated heterocycles. The van der Waals surface area contributed by atoms with E-state index >= 15 is 0 Å². The lowest BCUT2D eigenvalue weighted by atomic mass is 10.1. The number of benzene rings is 1. The number of amides is 1. The number of rotatable bonds is 9. The van der Waals surface area contributed by atoms with Crippen LogP contribution in [0.5, 0.6) is 0 Å². The van der Waals surface area contributed by atoms with Crippen molar-refractivity contribution >= 4 is 17.3 Å². The van der Waals surface area contributed by atoms with Gasteiger partial charge in [0.1, 0.15) is 0 Å². The molecule has 0 bridgehead atoms. The zero-order valence-electron chi connectivity index (χ0n) is 14.9. The lowest BCUT2D eigenvalue weighted by Crippen LogP contribution is -2.35. The molecule has 1 amide bonds. The van der Waals surface area contributed by atoms with Crippen molar-refractivity contribution in [2.45, 2.75) is 12.8 Å². The van der Waals surface area contributed by atoms with Gasteiger partial charge in [0.25, 0.3) is 5.91 Å². The van der Waals surface area contributed by atoms with Crippen LogP contribution in [0.25, 0.3) is 0 Å². The maximum Gasteiger partial charge on any atom is 0.255 e. The van der Waals surface area contributed by atoms with Gasteiger partial charge >= 0.3 is 0 Å². The van der Waals surface area contributed by atoms with Crippen LogP contribution in [0.1, 0.15) is 23.2 Å². The van der Waals surface area contributed by atoms with Crippen LogP contribution in [0.4, 0.5) is 11.4 Å². The topological polar surface area (TPSA) is 78.8 Å². The molecule has 0 unspecified atom stereocenters. The Balaban J connectivity index is 2.77. The second-order valence-corrected chi connectivity index (χ2v) is 6.45. The zero-order valence-corrected chi connectivity index (χ0v) is 14.9. The minimum atomic E-state index is -0.0139. The highest BCUT2D eigenvalue weighted by molar-refractivity contribution is 5.99. The molecule has 1 rings (SSSR count). The molecule has 0 saturated carbocycles. The number of nitrogens with zero attached hydrogens (tertiary/aromatic N) is 3. The van der Waals surface area contributed by atoms with Gasteiger partial charge in [0.15, 0.2) is 0 Å². The maximum atomic E-state index is 12.8. The first-order valence-corrected chi connectivity index (χ1v) is 8.05. The molecule has 1 aromatic carbocycles. The van der Waals surface area contributed by atoms with Gasteiger partial charge in [-0.1, -0.05) is 0 Å². The lowest BCUT2D eigenvalue weighted by Gasteiger charge is -2.25. The Hall–Kier alpha value is -1.79. The van der Waals surface area contributed by atoms with Crippen molar-refractivity contribution in [2.75, 3.05) is 65.8 Å². The van der Waals surface area contributed by atoms with Crippen molar-refractivity contribution in [3.8, 4) is 0 Å². The largest absolute Gasteiger partial charge is 0.399 e. The van der Waals surface area contributed by atoms with Crippen molar-refractivity contribution in [1.29, 1.82) is 0 Å². The van der Waals surface area contributed by atoms with E-state index in [1.54, 1.807) is 18.2 Å². The highest BCUT2D eigenvalue weighted by Gasteiger charge is 2.18. The Morgan fingerprint density at radius 1 is 0.913 bits per heavy atom. The van der Waals surface area contributed by atoms with Crippen LogP contribution in [-0.4, -0.2) is 75.0 Å². The zero-order chi connectivity index (χ0) is 17.4. The van der Waals surface area contributed by atoms with Crippen LogP contribution in [0, 0.1) is 0 Å². The molecule has 4 N–H and O–H groups in total. The summed E-state index contributed by atoms with van der Waals surface area (Å²) in [6.07, 6.45) is 1.88. The van der Waals surface area contributed by atoms with E-state index in [-0.39, 0.29) is 5.91 Å². The van der Waals surface area contributed by atoms with E-state index in [9.17, 15) is 4.79 Å². The highest BCUT2D eigenvalue weighted by Crippen LogP contribution is 2.18. The molecule has 0 aliphatic rings. The molecule has 0 radical (unpaired) electrons. The van der Waals surface area contributed by atoms with Gasteiger partial charge in [0.2, 0.25) is 0 Å². The molecule has 0 spiro atoms. The molecular weight excluding hydrogens is 290 g/mol. The van der Waals surface area contributed by atoms with E-state index in [4.69, 9.17) is 11.5 Å². The van der Waals surface area contributed by atoms with Crippen molar-refractivity contribution in [2.24, 2.45) is 0 Å². The van der Waals surface area contributed by atoms with Gasteiger partial charge in [-0.05, 0) is 72.3 Å². The molecule has 1 aromatic rings. The Labute approximate surface area is 140 Å². The molecule has 0 aliphatic heterocycles. The minimum Gasteiger partial charge on any atom is -0.399 e.